The number of benzene rings is 1. The summed E-state index contributed by atoms with van der Waals surface area (Å²) in [5.41, 5.74) is 4.75. The standard InChI is InChI=1S/C19H26N4O6/c1-3-7-16(25)23-11-10-19(18(20)22-27,29-28-13(2)24)12-15(23)21-17(26)14-8-5-4-6-9-14/h4-6,8-9,15,27H,3,7,10-12H2,1-2H3,(H2,20,22)(H,21,26). The molecule has 2 atom stereocenters. The highest BCUT2D eigenvalue weighted by atomic mass is 17.2. The molecule has 1 saturated heterocycles. The highest BCUT2D eigenvalue weighted by Gasteiger charge is 2.48. The first-order valence-corrected chi connectivity index (χ1v) is 9.32. The number of amides is 2. The topological polar surface area (TPSA) is 144 Å². The number of nitrogens with two attached hydrogens (primary N) is 1. The number of likely N-dealkylation sites (tertiary alicyclic amines) is 1. The number of oxime groups is 1. The molecule has 1 heterocycles. The average Bonchev–Trinajstić information content (AvgIpc) is 2.72. The summed E-state index contributed by atoms with van der Waals surface area (Å²) in [6.07, 6.45) is 0.183. The SMILES string of the molecule is CCCC(=O)N1CCC(OOC(C)=O)(C(N)=NO)CC1NC(=O)c1ccccc1. The summed E-state index contributed by atoms with van der Waals surface area (Å²) in [5, 5.41) is 15.0. The highest BCUT2D eigenvalue weighted by Crippen LogP contribution is 2.31. The van der Waals surface area contributed by atoms with Crippen LogP contribution in [0.1, 0.15) is 49.9 Å². The van der Waals surface area contributed by atoms with Crippen LogP contribution in [0.3, 0.4) is 0 Å². The van der Waals surface area contributed by atoms with E-state index in [1.807, 2.05) is 6.92 Å². The Morgan fingerprint density at radius 1 is 1.34 bits per heavy atom. The normalized spacial score (nSPS) is 22.1. The lowest BCUT2D eigenvalue weighted by Gasteiger charge is -2.44. The van der Waals surface area contributed by atoms with Crippen LogP contribution >= 0.6 is 0 Å². The Morgan fingerprint density at radius 2 is 2.03 bits per heavy atom. The van der Waals surface area contributed by atoms with E-state index in [2.05, 4.69) is 15.4 Å². The predicted molar refractivity (Wildman–Crippen MR) is 103 cm³/mol. The second-order valence-electron chi connectivity index (χ2n) is 6.78. The Bertz CT molecular complexity index is 769. The van der Waals surface area contributed by atoms with Gasteiger partial charge >= 0.3 is 5.97 Å². The van der Waals surface area contributed by atoms with E-state index < -0.39 is 23.6 Å². The third kappa shape index (κ3) is 5.44. The molecule has 2 amide bonds. The van der Waals surface area contributed by atoms with Crippen LogP contribution in [0.25, 0.3) is 0 Å². The Labute approximate surface area is 168 Å². The van der Waals surface area contributed by atoms with E-state index in [9.17, 15) is 19.6 Å². The molecule has 10 nitrogen and oxygen atoms in total. The van der Waals surface area contributed by atoms with Gasteiger partial charge in [0.15, 0.2) is 11.4 Å². The zero-order valence-electron chi connectivity index (χ0n) is 16.5. The van der Waals surface area contributed by atoms with Gasteiger partial charge in [-0.1, -0.05) is 30.3 Å². The largest absolute Gasteiger partial charge is 0.409 e. The maximum Gasteiger partial charge on any atom is 0.339 e. The second kappa shape index (κ2) is 9.87. The van der Waals surface area contributed by atoms with Gasteiger partial charge in [-0.3, -0.25) is 14.5 Å². The first-order valence-electron chi connectivity index (χ1n) is 9.32. The monoisotopic (exact) mass is 406 g/mol. The van der Waals surface area contributed by atoms with Gasteiger partial charge in [0.25, 0.3) is 5.91 Å². The lowest BCUT2D eigenvalue weighted by molar-refractivity contribution is -0.322. The van der Waals surface area contributed by atoms with E-state index in [0.717, 1.165) is 6.92 Å². The Kier molecular flexibility index (Phi) is 7.54. The highest BCUT2D eigenvalue weighted by molar-refractivity contribution is 5.95. The lowest BCUT2D eigenvalue weighted by Crippen LogP contribution is -2.63. The molecule has 2 unspecified atom stereocenters. The Morgan fingerprint density at radius 3 is 2.62 bits per heavy atom. The van der Waals surface area contributed by atoms with E-state index in [0.29, 0.717) is 18.4 Å². The van der Waals surface area contributed by atoms with Gasteiger partial charge in [-0.15, -0.1) is 0 Å². The third-order valence-electron chi connectivity index (χ3n) is 4.67. The van der Waals surface area contributed by atoms with Crippen molar-refractivity contribution in [1.82, 2.24) is 10.2 Å². The van der Waals surface area contributed by atoms with E-state index in [-0.39, 0.29) is 31.1 Å². The number of piperidine rings is 1. The first kappa shape index (κ1) is 22.2. The van der Waals surface area contributed by atoms with Crippen molar-refractivity contribution in [2.75, 3.05) is 6.54 Å². The maximum absolute atomic E-state index is 12.7. The van der Waals surface area contributed by atoms with Crippen LogP contribution in [0, 0.1) is 0 Å². The van der Waals surface area contributed by atoms with Gasteiger partial charge < -0.3 is 21.2 Å². The van der Waals surface area contributed by atoms with Gasteiger partial charge in [0.1, 0.15) is 6.17 Å². The summed E-state index contributed by atoms with van der Waals surface area (Å²) in [7, 11) is 0. The minimum atomic E-state index is -1.49. The molecule has 1 aromatic carbocycles. The maximum atomic E-state index is 12.7. The average molecular weight is 406 g/mol. The number of carbonyl (C=O) groups is 3. The van der Waals surface area contributed by atoms with E-state index in [4.69, 9.17) is 10.6 Å². The van der Waals surface area contributed by atoms with Crippen molar-refractivity contribution in [3.63, 3.8) is 0 Å². The van der Waals surface area contributed by atoms with Gasteiger partial charge in [-0.05, 0) is 18.6 Å². The van der Waals surface area contributed by atoms with Gasteiger partial charge in [-0.2, -0.15) is 4.89 Å². The van der Waals surface area contributed by atoms with Crippen LogP contribution in [-0.4, -0.2) is 52.0 Å². The number of nitrogens with one attached hydrogen (secondary N) is 1. The van der Waals surface area contributed by atoms with Gasteiger partial charge in [-0.25, -0.2) is 4.79 Å². The summed E-state index contributed by atoms with van der Waals surface area (Å²) in [4.78, 5) is 47.9. The molecule has 29 heavy (non-hydrogen) atoms. The van der Waals surface area contributed by atoms with E-state index >= 15 is 0 Å². The van der Waals surface area contributed by atoms with E-state index in [1.54, 1.807) is 30.3 Å². The predicted octanol–water partition coefficient (Wildman–Crippen LogP) is 1.14. The molecule has 1 fully saturated rings. The van der Waals surface area contributed by atoms with Crippen LogP contribution in [0.15, 0.2) is 35.5 Å². The molecule has 2 rings (SSSR count). The summed E-state index contributed by atoms with van der Waals surface area (Å²) in [6.45, 7) is 3.18. The van der Waals surface area contributed by atoms with Crippen LogP contribution in [0.5, 0.6) is 0 Å². The Balaban J connectivity index is 2.31. The minimum Gasteiger partial charge on any atom is -0.409 e. The molecule has 4 N–H and O–H groups in total. The number of amidine groups is 1. The number of hydrogen-bond donors (Lipinski definition) is 3. The van der Waals surface area contributed by atoms with Gasteiger partial charge in [0.05, 0.1) is 0 Å². The van der Waals surface area contributed by atoms with Gasteiger partial charge in [0.2, 0.25) is 5.91 Å². The molecule has 0 saturated carbocycles. The summed E-state index contributed by atoms with van der Waals surface area (Å²) < 4.78 is 0. The van der Waals surface area contributed by atoms with Gasteiger partial charge in [0, 0.05) is 38.3 Å². The van der Waals surface area contributed by atoms with Crippen molar-refractivity contribution in [1.29, 1.82) is 0 Å². The fourth-order valence-corrected chi connectivity index (χ4v) is 3.17. The van der Waals surface area contributed by atoms with Crippen molar-refractivity contribution in [2.24, 2.45) is 10.9 Å². The molecule has 0 aromatic heterocycles. The number of carbonyl (C=O) groups excluding carboxylic acids is 3. The molecule has 1 aromatic rings. The fraction of sp³-hybridized carbons (Fsp3) is 0.474. The quantitative estimate of drug-likeness (QED) is 0.202. The summed E-state index contributed by atoms with van der Waals surface area (Å²) in [5.74, 6) is -1.58. The van der Waals surface area contributed by atoms with Crippen LogP contribution in [0.4, 0.5) is 0 Å². The van der Waals surface area contributed by atoms with Crippen molar-refractivity contribution >= 4 is 23.6 Å². The molecule has 0 spiro atoms. The van der Waals surface area contributed by atoms with Crippen LogP contribution in [-0.2, 0) is 19.4 Å². The van der Waals surface area contributed by atoms with Crippen molar-refractivity contribution in [2.45, 2.75) is 51.3 Å². The molecule has 10 heteroatoms. The van der Waals surface area contributed by atoms with Crippen molar-refractivity contribution in [3.05, 3.63) is 35.9 Å². The number of nitrogens with zero attached hydrogens (tertiary/aromatic N) is 2. The lowest BCUT2D eigenvalue weighted by atomic mass is 9.87. The minimum absolute atomic E-state index is 0.0653. The molecule has 0 radical (unpaired) electrons. The Hall–Kier alpha value is -3.14. The zero-order chi connectivity index (χ0) is 21.4. The number of hydrogen-bond acceptors (Lipinski definition) is 7. The van der Waals surface area contributed by atoms with Crippen LogP contribution in [0.2, 0.25) is 0 Å². The fourth-order valence-electron chi connectivity index (χ4n) is 3.17. The first-order chi connectivity index (χ1) is 13.8. The molecule has 1 aliphatic heterocycles. The zero-order valence-corrected chi connectivity index (χ0v) is 16.5. The smallest absolute Gasteiger partial charge is 0.339 e. The number of rotatable bonds is 7. The molecule has 0 bridgehead atoms. The third-order valence-corrected chi connectivity index (χ3v) is 4.67. The summed E-state index contributed by atoms with van der Waals surface area (Å²) >= 11 is 0. The van der Waals surface area contributed by atoms with Crippen LogP contribution < -0.4 is 11.1 Å². The molecule has 1 aliphatic rings. The van der Waals surface area contributed by atoms with E-state index in [1.165, 1.54) is 4.90 Å². The molecular formula is C19H26N4O6. The van der Waals surface area contributed by atoms with Crippen molar-refractivity contribution in [3.8, 4) is 0 Å². The molecular weight excluding hydrogens is 380 g/mol. The molecule has 158 valence electrons. The van der Waals surface area contributed by atoms with Crippen molar-refractivity contribution < 1.29 is 29.4 Å². The second-order valence-corrected chi connectivity index (χ2v) is 6.78. The summed E-state index contributed by atoms with van der Waals surface area (Å²) in [6, 6.07) is 8.51. The molecule has 0 aliphatic carbocycles.